The molecular formula is C12H14ClN3O3S. The number of imidazole rings is 1. The zero-order chi connectivity index (χ0) is 14.9. The number of anilines is 1. The molecule has 0 fully saturated rings. The smallest absolute Gasteiger partial charge is 0.280 e. The highest BCUT2D eigenvalue weighted by atomic mass is 35.5. The number of nitrogens with one attached hydrogen (secondary N) is 1. The van der Waals surface area contributed by atoms with Crippen LogP contribution in [-0.2, 0) is 16.6 Å². The largest absolute Gasteiger partial charge is 0.506 e. The number of aromatic nitrogens is 2. The molecule has 1 aromatic carbocycles. The number of aromatic hydroxyl groups is 1. The fourth-order valence-electron chi connectivity index (χ4n) is 1.71. The predicted octanol–water partition coefficient (Wildman–Crippen LogP) is 2.37. The molecule has 1 aromatic heterocycles. The lowest BCUT2D eigenvalue weighted by Gasteiger charge is -2.06. The maximum Gasteiger partial charge on any atom is 0.280 e. The Hall–Kier alpha value is -1.73. The van der Waals surface area contributed by atoms with Gasteiger partial charge in [-0.05, 0) is 26.0 Å². The van der Waals surface area contributed by atoms with Crippen LogP contribution >= 0.6 is 11.6 Å². The van der Waals surface area contributed by atoms with Crippen LogP contribution in [0.2, 0.25) is 5.02 Å². The molecule has 0 saturated carbocycles. The number of hydrogen-bond acceptors (Lipinski definition) is 4. The minimum Gasteiger partial charge on any atom is -0.506 e. The molecule has 0 amide bonds. The molecule has 108 valence electrons. The van der Waals surface area contributed by atoms with Gasteiger partial charge in [-0.25, -0.2) is 4.98 Å². The molecule has 1 heterocycles. The summed E-state index contributed by atoms with van der Waals surface area (Å²) in [5.41, 5.74) is 0.218. The van der Waals surface area contributed by atoms with Crippen molar-refractivity contribution < 1.29 is 13.5 Å². The number of nitrogens with zero attached hydrogens (tertiary/aromatic N) is 2. The van der Waals surface area contributed by atoms with Crippen LogP contribution in [0.25, 0.3) is 0 Å². The summed E-state index contributed by atoms with van der Waals surface area (Å²) in [5.74, 6) is 0.425. The van der Waals surface area contributed by atoms with Gasteiger partial charge in [-0.15, -0.1) is 0 Å². The third-order valence-electron chi connectivity index (χ3n) is 2.77. The number of rotatable bonds is 4. The van der Waals surface area contributed by atoms with Gasteiger partial charge in [0.05, 0.1) is 10.7 Å². The fourth-order valence-corrected chi connectivity index (χ4v) is 2.89. The van der Waals surface area contributed by atoms with Gasteiger partial charge < -0.3 is 9.67 Å². The number of aryl methyl sites for hydroxylation is 2. The van der Waals surface area contributed by atoms with Crippen molar-refractivity contribution >= 4 is 27.3 Å². The molecule has 6 nitrogen and oxygen atoms in total. The van der Waals surface area contributed by atoms with Crippen LogP contribution in [-0.4, -0.2) is 23.1 Å². The second-order valence-corrected chi connectivity index (χ2v) is 6.22. The van der Waals surface area contributed by atoms with Crippen LogP contribution < -0.4 is 4.72 Å². The van der Waals surface area contributed by atoms with E-state index in [9.17, 15) is 13.5 Å². The first-order valence-electron chi connectivity index (χ1n) is 5.88. The van der Waals surface area contributed by atoms with E-state index in [0.717, 1.165) is 0 Å². The Balaban J connectivity index is 2.32. The van der Waals surface area contributed by atoms with E-state index in [-0.39, 0.29) is 21.5 Å². The zero-order valence-electron chi connectivity index (χ0n) is 11.0. The maximum absolute atomic E-state index is 12.2. The van der Waals surface area contributed by atoms with Gasteiger partial charge in [-0.2, -0.15) is 8.42 Å². The third-order valence-corrected chi connectivity index (χ3v) is 4.34. The van der Waals surface area contributed by atoms with Crippen LogP contribution in [0.5, 0.6) is 5.75 Å². The molecule has 2 aromatic rings. The summed E-state index contributed by atoms with van der Waals surface area (Å²) in [5, 5.41) is 9.56. The summed E-state index contributed by atoms with van der Waals surface area (Å²) in [6.45, 7) is 4.27. The second kappa shape index (κ2) is 5.34. The molecule has 0 spiro atoms. The third kappa shape index (κ3) is 2.88. The average Bonchev–Trinajstić information content (AvgIpc) is 2.76. The van der Waals surface area contributed by atoms with E-state index in [1.165, 1.54) is 24.4 Å². The average molecular weight is 316 g/mol. The number of sulfonamides is 1. The van der Waals surface area contributed by atoms with E-state index >= 15 is 0 Å². The van der Waals surface area contributed by atoms with Crippen molar-refractivity contribution in [3.8, 4) is 5.75 Å². The summed E-state index contributed by atoms with van der Waals surface area (Å²) >= 11 is 5.67. The van der Waals surface area contributed by atoms with Crippen LogP contribution in [0, 0.1) is 6.92 Å². The van der Waals surface area contributed by atoms with Crippen LogP contribution in [0.1, 0.15) is 12.7 Å². The Morgan fingerprint density at radius 3 is 2.70 bits per heavy atom. The SMILES string of the molecule is CCn1cc(S(=O)(=O)Nc2ccc(Cl)c(O)c2)nc1C. The molecule has 0 aliphatic rings. The zero-order valence-corrected chi connectivity index (χ0v) is 12.5. The Morgan fingerprint density at radius 2 is 2.15 bits per heavy atom. The summed E-state index contributed by atoms with van der Waals surface area (Å²) in [7, 11) is -3.79. The fraction of sp³-hybridized carbons (Fsp3) is 0.250. The molecule has 0 radical (unpaired) electrons. The van der Waals surface area contributed by atoms with Gasteiger partial charge in [0.1, 0.15) is 11.6 Å². The van der Waals surface area contributed by atoms with Crippen molar-refractivity contribution in [2.75, 3.05) is 4.72 Å². The van der Waals surface area contributed by atoms with Crippen molar-refractivity contribution in [2.45, 2.75) is 25.4 Å². The number of halogens is 1. The molecule has 20 heavy (non-hydrogen) atoms. The highest BCUT2D eigenvalue weighted by Crippen LogP contribution is 2.27. The van der Waals surface area contributed by atoms with Gasteiger partial charge in [0, 0.05) is 18.8 Å². The Bertz CT molecular complexity index is 740. The highest BCUT2D eigenvalue weighted by Gasteiger charge is 2.19. The van der Waals surface area contributed by atoms with Crippen molar-refractivity contribution in [3.05, 3.63) is 35.2 Å². The number of benzene rings is 1. The summed E-state index contributed by atoms with van der Waals surface area (Å²) in [6.07, 6.45) is 1.47. The number of phenols is 1. The van der Waals surface area contributed by atoms with Crippen LogP contribution in [0.4, 0.5) is 5.69 Å². The van der Waals surface area contributed by atoms with Crippen molar-refractivity contribution in [1.29, 1.82) is 0 Å². The second-order valence-electron chi connectivity index (χ2n) is 4.18. The van der Waals surface area contributed by atoms with Gasteiger partial charge in [-0.1, -0.05) is 11.6 Å². The molecule has 0 unspecified atom stereocenters. The lowest BCUT2D eigenvalue weighted by molar-refractivity contribution is 0.476. The minimum atomic E-state index is -3.79. The van der Waals surface area contributed by atoms with Crippen molar-refractivity contribution in [1.82, 2.24) is 9.55 Å². The number of hydrogen-bond donors (Lipinski definition) is 2. The highest BCUT2D eigenvalue weighted by molar-refractivity contribution is 7.92. The number of phenolic OH excluding ortho intramolecular Hbond substituents is 1. The van der Waals surface area contributed by atoms with Gasteiger partial charge in [0.2, 0.25) is 0 Å². The van der Waals surface area contributed by atoms with E-state index in [1.54, 1.807) is 11.5 Å². The molecule has 2 N–H and O–H groups in total. The molecule has 0 saturated heterocycles. The van der Waals surface area contributed by atoms with Gasteiger partial charge in [0.25, 0.3) is 10.0 Å². The normalized spacial score (nSPS) is 11.6. The molecular weight excluding hydrogens is 302 g/mol. The topological polar surface area (TPSA) is 84.2 Å². The lowest BCUT2D eigenvalue weighted by atomic mass is 10.3. The van der Waals surface area contributed by atoms with Gasteiger partial charge in [-0.3, -0.25) is 4.72 Å². The Kier molecular flexibility index (Phi) is 3.92. The standard InChI is InChI=1S/C12H14ClN3O3S/c1-3-16-7-12(14-8(16)2)20(18,19)15-9-4-5-10(13)11(17)6-9/h4-7,15,17H,3H2,1-2H3. The molecule has 8 heteroatoms. The maximum atomic E-state index is 12.2. The van der Waals surface area contributed by atoms with E-state index < -0.39 is 10.0 Å². The molecule has 0 aliphatic heterocycles. The Morgan fingerprint density at radius 1 is 1.45 bits per heavy atom. The van der Waals surface area contributed by atoms with Crippen molar-refractivity contribution in [3.63, 3.8) is 0 Å². The van der Waals surface area contributed by atoms with E-state index in [2.05, 4.69) is 9.71 Å². The monoisotopic (exact) mass is 315 g/mol. The van der Waals surface area contributed by atoms with Gasteiger partial charge in [0.15, 0.2) is 5.03 Å². The van der Waals surface area contributed by atoms with E-state index in [0.29, 0.717) is 12.4 Å². The molecule has 0 aliphatic carbocycles. The first-order chi connectivity index (χ1) is 9.33. The quantitative estimate of drug-likeness (QED) is 0.907. The van der Waals surface area contributed by atoms with E-state index in [1.807, 2.05) is 6.92 Å². The lowest BCUT2D eigenvalue weighted by Crippen LogP contribution is -2.13. The Labute approximate surface area is 122 Å². The first kappa shape index (κ1) is 14.7. The first-order valence-corrected chi connectivity index (χ1v) is 7.74. The predicted molar refractivity (Wildman–Crippen MR) is 76.6 cm³/mol. The summed E-state index contributed by atoms with van der Waals surface area (Å²) < 4.78 is 28.4. The molecule has 0 atom stereocenters. The van der Waals surface area contributed by atoms with Crippen LogP contribution in [0.3, 0.4) is 0 Å². The van der Waals surface area contributed by atoms with Gasteiger partial charge >= 0.3 is 0 Å². The van der Waals surface area contributed by atoms with Crippen molar-refractivity contribution in [2.24, 2.45) is 0 Å². The molecule has 0 bridgehead atoms. The summed E-state index contributed by atoms with van der Waals surface area (Å²) in [6, 6.07) is 4.11. The molecule has 2 rings (SSSR count). The summed E-state index contributed by atoms with van der Waals surface area (Å²) in [4.78, 5) is 4.01. The minimum absolute atomic E-state index is 0.0636. The van der Waals surface area contributed by atoms with Crippen LogP contribution in [0.15, 0.2) is 29.4 Å². The van der Waals surface area contributed by atoms with E-state index in [4.69, 9.17) is 11.6 Å².